The van der Waals surface area contributed by atoms with Crippen molar-refractivity contribution in [3.63, 3.8) is 0 Å². The lowest BCUT2D eigenvalue weighted by Crippen LogP contribution is -2.32. The Bertz CT molecular complexity index is 480. The van der Waals surface area contributed by atoms with Gasteiger partial charge < -0.3 is 15.0 Å². The van der Waals surface area contributed by atoms with E-state index in [1.54, 1.807) is 11.7 Å². The summed E-state index contributed by atoms with van der Waals surface area (Å²) in [6.45, 7) is 5.00. The topological polar surface area (TPSA) is 57.2 Å². The predicted molar refractivity (Wildman–Crippen MR) is 72.6 cm³/mol. The second-order valence-corrected chi connectivity index (χ2v) is 4.45. The summed E-state index contributed by atoms with van der Waals surface area (Å²) in [6, 6.07) is 1.93. The van der Waals surface area contributed by atoms with Gasteiger partial charge >= 0.3 is 0 Å². The molecule has 0 aliphatic rings. The average Bonchev–Trinajstić information content (AvgIpc) is 2.21. The fourth-order valence-electron chi connectivity index (χ4n) is 1.87. The molecule has 0 aliphatic carbocycles. The molecule has 0 amide bonds. The van der Waals surface area contributed by atoms with Crippen molar-refractivity contribution in [3.05, 3.63) is 33.2 Å². The lowest BCUT2D eigenvalue weighted by molar-refractivity contribution is 0.189. The highest BCUT2D eigenvalue weighted by Gasteiger charge is 2.12. The first-order valence-corrected chi connectivity index (χ1v) is 5.89. The molecule has 0 saturated carbocycles. The summed E-state index contributed by atoms with van der Waals surface area (Å²) in [6.07, 6.45) is 0.789. The number of ether oxygens (including phenoxy) is 1. The van der Waals surface area contributed by atoms with Crippen LogP contribution in [-0.2, 0) is 11.3 Å². The normalized spacial score (nSPS) is 10.5. The second-order valence-electron chi connectivity index (χ2n) is 4.01. The first-order valence-electron chi connectivity index (χ1n) is 5.48. The Morgan fingerprint density at radius 3 is 2.71 bits per heavy atom. The molecule has 1 rings (SSSR count). The quantitative estimate of drug-likeness (QED) is 0.632. The third-order valence-corrected chi connectivity index (χ3v) is 2.89. The first-order chi connectivity index (χ1) is 7.99. The van der Waals surface area contributed by atoms with Gasteiger partial charge in [0, 0.05) is 26.0 Å². The van der Waals surface area contributed by atoms with Gasteiger partial charge in [-0.2, -0.15) is 0 Å². The molecule has 4 nitrogen and oxygen atoms in total. The summed E-state index contributed by atoms with van der Waals surface area (Å²) in [5, 5.41) is 0. The van der Waals surface area contributed by atoms with Crippen molar-refractivity contribution in [2.24, 2.45) is 5.73 Å². The van der Waals surface area contributed by atoms with E-state index in [4.69, 9.17) is 22.7 Å². The molecule has 1 aromatic rings. The van der Waals surface area contributed by atoms with Gasteiger partial charge in [0.15, 0.2) is 0 Å². The van der Waals surface area contributed by atoms with Crippen molar-refractivity contribution in [2.75, 3.05) is 13.7 Å². The van der Waals surface area contributed by atoms with Crippen molar-refractivity contribution in [3.8, 4) is 0 Å². The Hall–Kier alpha value is -1.20. The number of nitrogens with two attached hydrogens (primary N) is 1. The second kappa shape index (κ2) is 5.93. The zero-order valence-electron chi connectivity index (χ0n) is 10.4. The SMILES string of the molecule is COCCCn1c(C)cc(C)c(C(N)=S)c1=O. The monoisotopic (exact) mass is 254 g/mol. The largest absolute Gasteiger partial charge is 0.389 e. The van der Waals surface area contributed by atoms with Crippen LogP contribution in [0.3, 0.4) is 0 Å². The fraction of sp³-hybridized carbons (Fsp3) is 0.500. The highest BCUT2D eigenvalue weighted by Crippen LogP contribution is 2.07. The van der Waals surface area contributed by atoms with E-state index < -0.39 is 0 Å². The summed E-state index contributed by atoms with van der Waals surface area (Å²) in [5.41, 5.74) is 7.68. The molecule has 0 spiro atoms. The maximum Gasteiger partial charge on any atom is 0.261 e. The van der Waals surface area contributed by atoms with Gasteiger partial charge in [-0.25, -0.2) is 0 Å². The van der Waals surface area contributed by atoms with Crippen LogP contribution in [-0.4, -0.2) is 23.3 Å². The van der Waals surface area contributed by atoms with E-state index in [-0.39, 0.29) is 10.5 Å². The summed E-state index contributed by atoms with van der Waals surface area (Å²) in [5.74, 6) is 0. The van der Waals surface area contributed by atoms with Gasteiger partial charge in [-0.05, 0) is 31.9 Å². The van der Waals surface area contributed by atoms with Gasteiger partial charge in [0.2, 0.25) is 0 Å². The van der Waals surface area contributed by atoms with Crippen molar-refractivity contribution in [2.45, 2.75) is 26.8 Å². The lowest BCUT2D eigenvalue weighted by Gasteiger charge is -2.13. The van der Waals surface area contributed by atoms with Gasteiger partial charge in [0.05, 0.1) is 5.56 Å². The summed E-state index contributed by atoms with van der Waals surface area (Å²) < 4.78 is 6.67. The molecule has 0 saturated heterocycles. The van der Waals surface area contributed by atoms with Crippen LogP contribution in [0.2, 0.25) is 0 Å². The third-order valence-electron chi connectivity index (χ3n) is 2.68. The zero-order chi connectivity index (χ0) is 13.0. The van der Waals surface area contributed by atoms with Crippen molar-refractivity contribution in [1.82, 2.24) is 4.57 Å². The fourth-order valence-corrected chi connectivity index (χ4v) is 2.12. The standard InChI is InChI=1S/C12H18N2O2S/c1-8-7-9(2)14(5-4-6-16-3)12(15)10(8)11(13)17/h7H,4-6H2,1-3H3,(H2,13,17). The number of thiocarbonyl (C=S) groups is 1. The Labute approximate surface area is 106 Å². The van der Waals surface area contributed by atoms with Gasteiger partial charge in [0.25, 0.3) is 5.56 Å². The van der Waals surface area contributed by atoms with Crippen LogP contribution >= 0.6 is 12.2 Å². The summed E-state index contributed by atoms with van der Waals surface area (Å²) in [7, 11) is 1.64. The maximum absolute atomic E-state index is 12.2. The molecular weight excluding hydrogens is 236 g/mol. The number of pyridine rings is 1. The molecule has 0 radical (unpaired) electrons. The number of nitrogens with zero attached hydrogens (tertiary/aromatic N) is 1. The minimum absolute atomic E-state index is 0.105. The van der Waals surface area contributed by atoms with E-state index in [1.165, 1.54) is 0 Å². The van der Waals surface area contributed by atoms with Gasteiger partial charge in [0.1, 0.15) is 4.99 Å². The zero-order valence-corrected chi connectivity index (χ0v) is 11.3. The molecule has 0 aromatic carbocycles. The molecule has 17 heavy (non-hydrogen) atoms. The van der Waals surface area contributed by atoms with E-state index in [1.807, 2.05) is 19.9 Å². The average molecular weight is 254 g/mol. The van der Waals surface area contributed by atoms with E-state index in [2.05, 4.69) is 0 Å². The Kier molecular flexibility index (Phi) is 4.84. The van der Waals surface area contributed by atoms with E-state index >= 15 is 0 Å². The molecule has 0 unspecified atom stereocenters. The number of rotatable bonds is 5. The van der Waals surface area contributed by atoms with Crippen LogP contribution < -0.4 is 11.3 Å². The molecule has 1 aromatic heterocycles. The van der Waals surface area contributed by atoms with E-state index in [9.17, 15) is 4.79 Å². The van der Waals surface area contributed by atoms with Crippen molar-refractivity contribution < 1.29 is 4.74 Å². The molecule has 94 valence electrons. The molecular formula is C12H18N2O2S. The van der Waals surface area contributed by atoms with Crippen LogP contribution in [0, 0.1) is 13.8 Å². The van der Waals surface area contributed by atoms with Crippen LogP contribution in [0.1, 0.15) is 23.2 Å². The third kappa shape index (κ3) is 3.14. The lowest BCUT2D eigenvalue weighted by atomic mass is 10.1. The molecule has 0 aliphatic heterocycles. The highest BCUT2D eigenvalue weighted by molar-refractivity contribution is 7.80. The van der Waals surface area contributed by atoms with Crippen LogP contribution in [0.4, 0.5) is 0 Å². The van der Waals surface area contributed by atoms with Crippen molar-refractivity contribution >= 4 is 17.2 Å². The Morgan fingerprint density at radius 2 is 2.18 bits per heavy atom. The highest BCUT2D eigenvalue weighted by atomic mass is 32.1. The van der Waals surface area contributed by atoms with Crippen LogP contribution in [0.15, 0.2) is 10.9 Å². The molecule has 0 bridgehead atoms. The summed E-state index contributed by atoms with van der Waals surface area (Å²) >= 11 is 4.92. The number of methoxy groups -OCH3 is 1. The minimum Gasteiger partial charge on any atom is -0.389 e. The van der Waals surface area contributed by atoms with Crippen LogP contribution in [0.25, 0.3) is 0 Å². The van der Waals surface area contributed by atoms with Gasteiger partial charge in [-0.15, -0.1) is 0 Å². The number of aromatic nitrogens is 1. The van der Waals surface area contributed by atoms with Crippen molar-refractivity contribution in [1.29, 1.82) is 0 Å². The number of aryl methyl sites for hydroxylation is 2. The molecule has 2 N–H and O–H groups in total. The predicted octanol–water partition coefficient (Wildman–Crippen LogP) is 1.14. The molecule has 1 heterocycles. The first kappa shape index (κ1) is 13.9. The molecule has 0 fully saturated rings. The van der Waals surface area contributed by atoms with E-state index in [0.29, 0.717) is 18.7 Å². The summed E-state index contributed by atoms with van der Waals surface area (Å²) in [4.78, 5) is 12.4. The van der Waals surface area contributed by atoms with Gasteiger partial charge in [-0.3, -0.25) is 4.79 Å². The van der Waals surface area contributed by atoms with Crippen LogP contribution in [0.5, 0.6) is 0 Å². The molecule has 0 atom stereocenters. The molecule has 5 heteroatoms. The smallest absolute Gasteiger partial charge is 0.261 e. The number of hydrogen-bond donors (Lipinski definition) is 1. The Balaban J connectivity index is 3.17. The maximum atomic E-state index is 12.2. The minimum atomic E-state index is -0.105. The van der Waals surface area contributed by atoms with E-state index in [0.717, 1.165) is 17.7 Å². The van der Waals surface area contributed by atoms with Gasteiger partial charge in [-0.1, -0.05) is 12.2 Å². The Morgan fingerprint density at radius 1 is 1.53 bits per heavy atom. The number of hydrogen-bond acceptors (Lipinski definition) is 3.